The highest BCUT2D eigenvalue weighted by Crippen LogP contribution is 2.38. The summed E-state index contributed by atoms with van der Waals surface area (Å²) < 4.78 is 2.32. The Kier molecular flexibility index (Phi) is 6.79. The third-order valence-corrected chi connectivity index (χ3v) is 5.95. The fourth-order valence-electron chi connectivity index (χ4n) is 4.01. The number of rotatable bonds is 8. The SMILES string of the molecule is CCc1ccc(C(CNC(=O)/C(C#N)=C/c2cc(C)n(C3CC3)c2C)N(C)C)cc1. The Morgan fingerprint density at radius 1 is 1.30 bits per heavy atom. The minimum atomic E-state index is -0.328. The van der Waals surface area contributed by atoms with Crippen molar-refractivity contribution in [2.24, 2.45) is 0 Å². The molecule has 1 saturated carbocycles. The van der Waals surface area contributed by atoms with Gasteiger partial charge in [-0.3, -0.25) is 4.79 Å². The molecule has 1 fully saturated rings. The summed E-state index contributed by atoms with van der Waals surface area (Å²) in [6.45, 7) is 6.72. The van der Waals surface area contributed by atoms with Gasteiger partial charge in [0.25, 0.3) is 5.91 Å². The Labute approximate surface area is 180 Å². The van der Waals surface area contributed by atoms with Crippen molar-refractivity contribution in [2.45, 2.75) is 52.1 Å². The molecule has 3 rings (SSSR count). The van der Waals surface area contributed by atoms with Crippen LogP contribution >= 0.6 is 0 Å². The van der Waals surface area contributed by atoms with Gasteiger partial charge in [-0.1, -0.05) is 31.2 Å². The van der Waals surface area contributed by atoms with E-state index in [9.17, 15) is 10.1 Å². The molecule has 1 aliphatic rings. The van der Waals surface area contributed by atoms with Crippen molar-refractivity contribution in [1.29, 1.82) is 5.26 Å². The molecule has 0 bridgehead atoms. The number of benzene rings is 1. The van der Waals surface area contributed by atoms with Crippen LogP contribution < -0.4 is 5.32 Å². The maximum Gasteiger partial charge on any atom is 0.262 e. The van der Waals surface area contributed by atoms with Gasteiger partial charge < -0.3 is 14.8 Å². The fraction of sp³-hybridized carbons (Fsp3) is 0.440. The van der Waals surface area contributed by atoms with E-state index in [1.165, 1.54) is 24.1 Å². The van der Waals surface area contributed by atoms with Crippen molar-refractivity contribution in [3.8, 4) is 6.07 Å². The second kappa shape index (κ2) is 9.32. The summed E-state index contributed by atoms with van der Waals surface area (Å²) in [6, 6.07) is 13.3. The Bertz CT molecular complexity index is 972. The summed E-state index contributed by atoms with van der Waals surface area (Å²) in [6.07, 6.45) is 5.13. The molecule has 1 aromatic carbocycles. The number of amides is 1. The molecule has 1 amide bonds. The van der Waals surface area contributed by atoms with Crippen LogP contribution in [-0.4, -0.2) is 36.0 Å². The average molecular weight is 405 g/mol. The first-order valence-corrected chi connectivity index (χ1v) is 10.7. The average Bonchev–Trinajstić information content (AvgIpc) is 3.51. The quantitative estimate of drug-likeness (QED) is 0.526. The molecule has 2 aromatic rings. The zero-order valence-electron chi connectivity index (χ0n) is 18.7. The van der Waals surface area contributed by atoms with Gasteiger partial charge in [-0.15, -0.1) is 0 Å². The Morgan fingerprint density at radius 3 is 2.50 bits per heavy atom. The molecule has 0 spiro atoms. The zero-order chi connectivity index (χ0) is 21.8. The molecule has 158 valence electrons. The normalized spacial score (nSPS) is 15.2. The highest BCUT2D eigenvalue weighted by Gasteiger charge is 2.27. The Hall–Kier alpha value is -2.84. The van der Waals surface area contributed by atoms with Crippen LogP contribution in [0.1, 0.15) is 59.9 Å². The number of nitriles is 1. The largest absolute Gasteiger partial charge is 0.349 e. The van der Waals surface area contributed by atoms with Gasteiger partial charge in [-0.05, 0) is 76.0 Å². The van der Waals surface area contributed by atoms with E-state index < -0.39 is 0 Å². The van der Waals surface area contributed by atoms with Gasteiger partial charge in [0.05, 0.1) is 6.04 Å². The van der Waals surface area contributed by atoms with Crippen LogP contribution in [0.5, 0.6) is 0 Å². The summed E-state index contributed by atoms with van der Waals surface area (Å²) in [7, 11) is 4.00. The van der Waals surface area contributed by atoms with Crippen LogP contribution in [0.15, 0.2) is 35.9 Å². The summed E-state index contributed by atoms with van der Waals surface area (Å²) in [5.41, 5.74) is 5.84. The highest BCUT2D eigenvalue weighted by molar-refractivity contribution is 6.01. The van der Waals surface area contributed by atoms with Gasteiger partial charge in [-0.25, -0.2) is 0 Å². The Balaban J connectivity index is 1.73. The molecule has 5 nitrogen and oxygen atoms in total. The number of nitrogens with zero attached hydrogens (tertiary/aromatic N) is 3. The van der Waals surface area contributed by atoms with E-state index in [0.29, 0.717) is 12.6 Å². The second-order valence-corrected chi connectivity index (χ2v) is 8.38. The summed E-state index contributed by atoms with van der Waals surface area (Å²) in [5, 5.41) is 12.6. The van der Waals surface area contributed by atoms with E-state index in [4.69, 9.17) is 0 Å². The fourth-order valence-corrected chi connectivity index (χ4v) is 4.01. The summed E-state index contributed by atoms with van der Waals surface area (Å²) >= 11 is 0. The van der Waals surface area contributed by atoms with Crippen LogP contribution in [0.2, 0.25) is 0 Å². The maximum atomic E-state index is 12.8. The number of hydrogen-bond acceptors (Lipinski definition) is 3. The van der Waals surface area contributed by atoms with Gasteiger partial charge in [0, 0.05) is 24.0 Å². The van der Waals surface area contributed by atoms with E-state index in [-0.39, 0.29) is 17.5 Å². The molecule has 0 aliphatic heterocycles. The lowest BCUT2D eigenvalue weighted by Gasteiger charge is -2.25. The smallest absolute Gasteiger partial charge is 0.262 e. The minimum Gasteiger partial charge on any atom is -0.349 e. The monoisotopic (exact) mass is 404 g/mol. The minimum absolute atomic E-state index is 0.0414. The van der Waals surface area contributed by atoms with E-state index in [1.54, 1.807) is 6.08 Å². The number of nitrogens with one attached hydrogen (secondary N) is 1. The van der Waals surface area contributed by atoms with Gasteiger partial charge in [0.2, 0.25) is 0 Å². The predicted octanol–water partition coefficient (Wildman–Crippen LogP) is 4.33. The number of carbonyl (C=O) groups excluding carboxylic acids is 1. The number of carbonyl (C=O) groups is 1. The van der Waals surface area contributed by atoms with Crippen molar-refractivity contribution in [3.05, 3.63) is 64.0 Å². The van der Waals surface area contributed by atoms with Crippen molar-refractivity contribution in [2.75, 3.05) is 20.6 Å². The van der Waals surface area contributed by atoms with E-state index in [2.05, 4.69) is 72.0 Å². The zero-order valence-corrected chi connectivity index (χ0v) is 18.7. The standard InChI is InChI=1S/C25H32N4O/c1-6-19-7-9-20(10-8-19)24(28(4)5)16-27-25(30)22(15-26)14-21-13-17(2)29(18(21)3)23-11-12-23/h7-10,13-14,23-24H,6,11-12,16H2,1-5H3,(H,27,30)/b22-14+. The summed E-state index contributed by atoms with van der Waals surface area (Å²) in [5.74, 6) is -0.328. The number of aryl methyl sites for hydroxylation is 2. The molecule has 1 heterocycles. The number of aromatic nitrogens is 1. The van der Waals surface area contributed by atoms with Crippen LogP contribution in [0.25, 0.3) is 6.08 Å². The van der Waals surface area contributed by atoms with Crippen LogP contribution in [0.3, 0.4) is 0 Å². The molecule has 0 saturated heterocycles. The third-order valence-electron chi connectivity index (χ3n) is 5.95. The van der Waals surface area contributed by atoms with Crippen molar-refractivity contribution in [3.63, 3.8) is 0 Å². The number of hydrogen-bond donors (Lipinski definition) is 1. The third kappa shape index (κ3) is 4.83. The predicted molar refractivity (Wildman–Crippen MR) is 121 cm³/mol. The topological polar surface area (TPSA) is 61.1 Å². The van der Waals surface area contributed by atoms with E-state index in [1.807, 2.05) is 14.1 Å². The lowest BCUT2D eigenvalue weighted by atomic mass is 10.0. The van der Waals surface area contributed by atoms with Crippen LogP contribution in [0, 0.1) is 25.2 Å². The lowest BCUT2D eigenvalue weighted by Crippen LogP contribution is -2.35. The summed E-state index contributed by atoms with van der Waals surface area (Å²) in [4.78, 5) is 14.8. The van der Waals surface area contributed by atoms with Crippen molar-refractivity contribution < 1.29 is 4.79 Å². The molecule has 1 aliphatic carbocycles. The molecule has 0 radical (unpaired) electrons. The molecule has 1 aromatic heterocycles. The molecular weight excluding hydrogens is 372 g/mol. The molecule has 5 heteroatoms. The first-order chi connectivity index (χ1) is 14.3. The highest BCUT2D eigenvalue weighted by atomic mass is 16.1. The second-order valence-electron chi connectivity index (χ2n) is 8.38. The van der Waals surface area contributed by atoms with Crippen LogP contribution in [0.4, 0.5) is 0 Å². The van der Waals surface area contributed by atoms with Gasteiger partial charge in [0.15, 0.2) is 0 Å². The van der Waals surface area contributed by atoms with Crippen LogP contribution in [-0.2, 0) is 11.2 Å². The molecule has 1 unspecified atom stereocenters. The van der Waals surface area contributed by atoms with Gasteiger partial charge in [-0.2, -0.15) is 5.26 Å². The number of likely N-dealkylation sites (N-methyl/N-ethyl adjacent to an activating group) is 1. The molecule has 1 atom stereocenters. The Morgan fingerprint density at radius 2 is 1.97 bits per heavy atom. The first-order valence-electron chi connectivity index (χ1n) is 10.7. The van der Waals surface area contributed by atoms with E-state index in [0.717, 1.165) is 23.2 Å². The van der Waals surface area contributed by atoms with Crippen molar-refractivity contribution >= 4 is 12.0 Å². The first kappa shape index (κ1) is 21.9. The maximum absolute atomic E-state index is 12.8. The molecule has 1 N–H and O–H groups in total. The molecular formula is C25H32N4O. The van der Waals surface area contributed by atoms with Crippen molar-refractivity contribution in [1.82, 2.24) is 14.8 Å². The van der Waals surface area contributed by atoms with Gasteiger partial charge in [0.1, 0.15) is 11.6 Å². The van der Waals surface area contributed by atoms with E-state index >= 15 is 0 Å². The lowest BCUT2D eigenvalue weighted by molar-refractivity contribution is -0.117. The molecule has 30 heavy (non-hydrogen) atoms. The van der Waals surface area contributed by atoms with Gasteiger partial charge >= 0.3 is 0 Å².